The van der Waals surface area contributed by atoms with Crippen LogP contribution in [-0.4, -0.2) is 7.25 Å². The number of rotatable bonds is 0. The van der Waals surface area contributed by atoms with Crippen LogP contribution < -0.4 is 0 Å². The summed E-state index contributed by atoms with van der Waals surface area (Å²) in [6.45, 7) is 0. The molecule has 5 heavy (non-hydrogen) atoms. The summed E-state index contributed by atoms with van der Waals surface area (Å²) in [4.78, 5) is 0. The minimum Gasteiger partial charge on any atom is -0.418 e. The van der Waals surface area contributed by atoms with Gasteiger partial charge in [0.15, 0.2) is 0 Å². The normalized spacial score (nSPS) is 12.0. The average Bonchev–Trinajstić information content (AvgIpc) is 0.722. The van der Waals surface area contributed by atoms with E-state index in [0.717, 1.165) is 0 Å². The third kappa shape index (κ3) is 261. The Labute approximate surface area is 25.9 Å². The van der Waals surface area contributed by atoms with Crippen LogP contribution >= 0.6 is 0 Å². The summed E-state index contributed by atoms with van der Waals surface area (Å²) in [5.74, 6) is 0. The van der Waals surface area contributed by atoms with Crippen molar-refractivity contribution in [3.05, 3.63) is 0 Å². The summed E-state index contributed by atoms with van der Waals surface area (Å²) < 4.78 is 39.0. The van der Waals surface area contributed by atoms with Gasteiger partial charge in [-0.25, -0.2) is 0 Å². The predicted molar refractivity (Wildman–Crippen MR) is 10.2 cm³/mol. The number of hydrogen-bond acceptors (Lipinski definition) is 0. The van der Waals surface area contributed by atoms with Gasteiger partial charge in [0.1, 0.15) is 0 Å². The smallest absolute Gasteiger partial charge is 0.418 e. The molecule has 0 aromatic carbocycles. The summed E-state index contributed by atoms with van der Waals surface area (Å²) in [5.41, 5.74) is 0. The highest BCUT2D eigenvalue weighted by Crippen LogP contribution is 2.06. The van der Waals surface area contributed by atoms with E-state index in [2.05, 4.69) is 0 Å². The summed E-state index contributed by atoms with van der Waals surface area (Å²) in [6, 6.07) is 0. The Bertz CT molecular complexity index is 19.1. The van der Waals surface area contributed by atoms with E-state index in [1.165, 1.54) is 0 Å². The Morgan fingerprint density at radius 3 is 0.800 bits per heavy atom. The molecule has 0 spiro atoms. The van der Waals surface area contributed by atoms with Crippen molar-refractivity contribution in [1.29, 1.82) is 0 Å². The quantitative estimate of drug-likeness (QED) is 0.308. The van der Waals surface area contributed by atoms with Gasteiger partial charge in [0.25, 0.3) is 0 Å². The molecular formula is BF4-. The van der Waals surface area contributed by atoms with Gasteiger partial charge in [0, 0.05) is 0 Å². The maximum absolute atomic E-state index is 9.75. The van der Waals surface area contributed by atoms with Crippen LogP contribution in [0.5, 0.6) is 0 Å². The van der Waals surface area contributed by atoms with E-state index in [4.69, 9.17) is 0 Å². The van der Waals surface area contributed by atoms with Crippen LogP contribution in [0.15, 0.2) is 0 Å². The van der Waals surface area contributed by atoms with Crippen molar-refractivity contribution in [1.82, 2.24) is 0 Å². The highest BCUT2D eigenvalue weighted by atomic mass is 19.5. The van der Waals surface area contributed by atoms with Gasteiger partial charge < -0.3 is 17.3 Å². The molecule has 0 saturated heterocycles. The maximum atomic E-state index is 9.75. The van der Waals surface area contributed by atoms with Gasteiger partial charge in [-0.2, -0.15) is 0 Å². The molecule has 0 rings (SSSR count). The van der Waals surface area contributed by atoms with Crippen molar-refractivity contribution in [3.8, 4) is 0 Å². The first-order valence-electron chi connectivity index (χ1n) is 0.873. The molecular weight excluding hydrogens is 87.0 g/mol. The van der Waals surface area contributed by atoms with Crippen molar-refractivity contribution >= 4 is 7.25 Å². The standard InChI is InChI=1S/BF4/c2-1(3,4)5/q-1/i1+0. The summed E-state index contributed by atoms with van der Waals surface area (Å²) in [5, 5.41) is 0. The Balaban J connectivity index is 3.02. The van der Waals surface area contributed by atoms with E-state index < -0.39 is 7.25 Å². The van der Waals surface area contributed by atoms with Crippen LogP contribution in [0.4, 0.5) is 17.3 Å². The second-order valence-electron chi connectivity index (χ2n) is 0.495. The van der Waals surface area contributed by atoms with E-state index in [9.17, 15) is 17.3 Å². The van der Waals surface area contributed by atoms with Crippen molar-refractivity contribution in [2.45, 2.75) is 0 Å². The molecule has 32 valence electrons. The van der Waals surface area contributed by atoms with Gasteiger partial charge in [-0.15, -0.1) is 0 Å². The van der Waals surface area contributed by atoms with Crippen LogP contribution in [-0.2, 0) is 0 Å². The van der Waals surface area contributed by atoms with Gasteiger partial charge in [-0.05, 0) is 0 Å². The summed E-state index contributed by atoms with van der Waals surface area (Å²) >= 11 is 0. The fraction of sp³-hybridized carbons (Fsp3) is 0. The molecule has 0 aromatic heterocycles. The van der Waals surface area contributed by atoms with E-state index >= 15 is 0 Å². The molecule has 0 amide bonds. The predicted octanol–water partition coefficient (Wildman–Crippen LogP) is 1.30. The molecule has 0 radical (unpaired) electrons. The summed E-state index contributed by atoms with van der Waals surface area (Å²) in [7, 11) is -6.00. The van der Waals surface area contributed by atoms with Gasteiger partial charge in [-0.3, -0.25) is 0 Å². The zero-order chi connectivity index (χ0) is 4.50. The van der Waals surface area contributed by atoms with E-state index in [0.29, 0.717) is 0 Å². The lowest BCUT2D eigenvalue weighted by atomic mass is 10.5. The van der Waals surface area contributed by atoms with Crippen molar-refractivity contribution in [2.75, 3.05) is 0 Å². The molecule has 0 aliphatic rings. The first-order valence-corrected chi connectivity index (χ1v) is 0.873. The molecule has 0 N–H and O–H groups in total. The Morgan fingerprint density at radius 2 is 0.800 bits per heavy atom. The highest BCUT2D eigenvalue weighted by molar-refractivity contribution is 6.50. The maximum Gasteiger partial charge on any atom is 0.673 e. The monoisotopic (exact) mass is 87.0 g/mol. The fourth-order valence-corrected chi connectivity index (χ4v) is 0. The molecule has 0 heterocycles. The SMILES string of the molecule is F[11B-](F)(F)F. The lowest BCUT2D eigenvalue weighted by Crippen LogP contribution is -2.02. The van der Waals surface area contributed by atoms with Gasteiger partial charge in [0.05, 0.1) is 0 Å². The second-order valence-corrected chi connectivity index (χ2v) is 0.495. The Kier molecular flexibility index (Phi) is 0.839. The second kappa shape index (κ2) is 0.877. The molecule has 0 unspecified atom stereocenters. The van der Waals surface area contributed by atoms with Crippen LogP contribution in [0.2, 0.25) is 0 Å². The van der Waals surface area contributed by atoms with E-state index in [1.54, 1.807) is 0 Å². The fourth-order valence-electron chi connectivity index (χ4n) is 0. The molecule has 0 nitrogen and oxygen atoms in total. The minimum atomic E-state index is -6.00. The minimum absolute atomic E-state index is 6.00. The summed E-state index contributed by atoms with van der Waals surface area (Å²) in [6.07, 6.45) is 0. The van der Waals surface area contributed by atoms with Crippen molar-refractivity contribution in [3.63, 3.8) is 0 Å². The van der Waals surface area contributed by atoms with Crippen LogP contribution in [0.1, 0.15) is 0 Å². The molecule has 0 aliphatic carbocycles. The lowest BCUT2D eigenvalue weighted by Gasteiger charge is -1.94. The first-order chi connectivity index (χ1) is 2.00. The molecule has 0 fully saturated rings. The van der Waals surface area contributed by atoms with Crippen LogP contribution in [0.25, 0.3) is 0 Å². The molecule has 0 aliphatic heterocycles. The van der Waals surface area contributed by atoms with Crippen molar-refractivity contribution < 1.29 is 17.3 Å². The van der Waals surface area contributed by atoms with Gasteiger partial charge >= 0.3 is 7.25 Å². The number of halogens is 4. The van der Waals surface area contributed by atoms with Gasteiger partial charge in [0.2, 0.25) is 0 Å². The third-order valence-electron chi connectivity index (χ3n) is 0. The Morgan fingerprint density at radius 1 is 0.800 bits per heavy atom. The average molecular weight is 87.0 g/mol. The van der Waals surface area contributed by atoms with Crippen LogP contribution in [0, 0.1) is 0 Å². The molecule has 0 aromatic rings. The largest absolute Gasteiger partial charge is 0.673 e. The first kappa shape index (κ1) is 4.78. The third-order valence-corrected chi connectivity index (χ3v) is 0. The molecule has 0 bridgehead atoms. The van der Waals surface area contributed by atoms with E-state index in [-0.39, 0.29) is 0 Å². The van der Waals surface area contributed by atoms with Crippen LogP contribution in [0.3, 0.4) is 0 Å². The van der Waals surface area contributed by atoms with Crippen molar-refractivity contribution in [2.24, 2.45) is 0 Å². The lowest BCUT2D eigenvalue weighted by molar-refractivity contribution is 0.368. The van der Waals surface area contributed by atoms with Gasteiger partial charge in [-0.1, -0.05) is 0 Å². The zero-order valence-electron chi connectivity index (χ0n) is 2.09. The molecule has 0 saturated carbocycles. The zero-order valence-corrected chi connectivity index (χ0v) is 2.09. The number of hydrogen-bond donors (Lipinski definition) is 0. The van der Waals surface area contributed by atoms with E-state index in [1.807, 2.05) is 0 Å². The molecule has 0 atom stereocenters. The molecule has 5 heteroatoms. The highest BCUT2D eigenvalue weighted by Gasteiger charge is 2.20. The topological polar surface area (TPSA) is 0 Å². The Hall–Kier alpha value is -0.215.